The van der Waals surface area contributed by atoms with Crippen LogP contribution in [0.3, 0.4) is 0 Å². The van der Waals surface area contributed by atoms with E-state index in [0.29, 0.717) is 18.5 Å². The Bertz CT molecular complexity index is 372. The molecule has 5 heteroatoms. The lowest BCUT2D eigenvalue weighted by Gasteiger charge is -2.03. The second-order valence-corrected chi connectivity index (χ2v) is 3.37. The van der Waals surface area contributed by atoms with Gasteiger partial charge in [0.2, 0.25) is 0 Å². The van der Waals surface area contributed by atoms with Crippen LogP contribution in [0.25, 0.3) is 0 Å². The monoisotopic (exact) mass is 223 g/mol. The van der Waals surface area contributed by atoms with E-state index in [1.54, 1.807) is 24.3 Å². The molecule has 16 heavy (non-hydrogen) atoms. The van der Waals surface area contributed by atoms with Crippen molar-refractivity contribution in [2.45, 2.75) is 19.3 Å². The molecular formula is C11H13NO4. The van der Waals surface area contributed by atoms with E-state index >= 15 is 0 Å². The smallest absolute Gasteiger partial charge is 0.409 e. The molecule has 1 aromatic rings. The van der Waals surface area contributed by atoms with Gasteiger partial charge in [0, 0.05) is 12.1 Å². The second kappa shape index (κ2) is 5.75. The van der Waals surface area contributed by atoms with E-state index in [0.717, 1.165) is 5.56 Å². The molecule has 1 amide bonds. The minimum atomic E-state index is -1.10. The molecular weight excluding hydrogens is 210 g/mol. The van der Waals surface area contributed by atoms with Gasteiger partial charge in [-0.15, -0.1) is 0 Å². The van der Waals surface area contributed by atoms with Gasteiger partial charge in [-0.1, -0.05) is 12.1 Å². The Balaban J connectivity index is 2.45. The molecule has 0 bridgehead atoms. The predicted octanol–water partition coefficient (Wildman–Crippen LogP) is 2.18. The first-order valence-electron chi connectivity index (χ1n) is 4.88. The Morgan fingerprint density at radius 1 is 1.12 bits per heavy atom. The minimum absolute atomic E-state index is 0.148. The molecule has 0 radical (unpaired) electrons. The van der Waals surface area contributed by atoms with Crippen molar-refractivity contribution in [3.63, 3.8) is 0 Å². The van der Waals surface area contributed by atoms with Crippen LogP contribution in [0, 0.1) is 0 Å². The van der Waals surface area contributed by atoms with E-state index in [-0.39, 0.29) is 6.42 Å². The molecule has 0 aliphatic rings. The molecule has 0 saturated carbocycles. The number of aryl methyl sites for hydroxylation is 1. The number of aliphatic carboxylic acids is 1. The molecule has 0 spiro atoms. The molecule has 0 unspecified atom stereocenters. The van der Waals surface area contributed by atoms with E-state index in [1.807, 2.05) is 0 Å². The summed E-state index contributed by atoms with van der Waals surface area (Å²) in [5, 5.41) is 19.2. The molecule has 86 valence electrons. The second-order valence-electron chi connectivity index (χ2n) is 3.37. The third-order valence-corrected chi connectivity index (χ3v) is 2.06. The zero-order valence-electron chi connectivity index (χ0n) is 8.64. The predicted molar refractivity (Wildman–Crippen MR) is 58.7 cm³/mol. The van der Waals surface area contributed by atoms with Crippen LogP contribution in [0.1, 0.15) is 18.4 Å². The molecule has 0 fully saturated rings. The first-order chi connectivity index (χ1) is 7.58. The molecule has 3 N–H and O–H groups in total. The third-order valence-electron chi connectivity index (χ3n) is 2.06. The number of anilines is 1. The molecule has 5 nitrogen and oxygen atoms in total. The molecule has 0 heterocycles. The van der Waals surface area contributed by atoms with Gasteiger partial charge in [-0.25, -0.2) is 4.79 Å². The molecule has 1 aromatic carbocycles. The maximum absolute atomic E-state index is 10.3. The van der Waals surface area contributed by atoms with Gasteiger partial charge in [0.25, 0.3) is 0 Å². The van der Waals surface area contributed by atoms with Crippen LogP contribution in [-0.2, 0) is 11.2 Å². The highest BCUT2D eigenvalue weighted by Gasteiger charge is 2.00. The molecule has 0 atom stereocenters. The van der Waals surface area contributed by atoms with Crippen molar-refractivity contribution in [1.29, 1.82) is 0 Å². The van der Waals surface area contributed by atoms with E-state index < -0.39 is 12.1 Å². The minimum Gasteiger partial charge on any atom is -0.481 e. The van der Waals surface area contributed by atoms with Gasteiger partial charge < -0.3 is 10.2 Å². The number of hydrogen-bond donors (Lipinski definition) is 3. The van der Waals surface area contributed by atoms with Gasteiger partial charge in [0.15, 0.2) is 0 Å². The van der Waals surface area contributed by atoms with Crippen LogP contribution in [0.15, 0.2) is 24.3 Å². The van der Waals surface area contributed by atoms with Gasteiger partial charge in [-0.3, -0.25) is 10.1 Å². The lowest BCUT2D eigenvalue weighted by molar-refractivity contribution is -0.137. The fourth-order valence-electron chi connectivity index (χ4n) is 1.32. The van der Waals surface area contributed by atoms with Crippen LogP contribution in [0.5, 0.6) is 0 Å². The topological polar surface area (TPSA) is 86.6 Å². The van der Waals surface area contributed by atoms with Gasteiger partial charge >= 0.3 is 12.1 Å². The van der Waals surface area contributed by atoms with E-state index in [2.05, 4.69) is 5.32 Å². The van der Waals surface area contributed by atoms with Gasteiger partial charge in [-0.2, -0.15) is 0 Å². The number of carboxylic acid groups (broad SMARTS) is 2. The Hall–Kier alpha value is -2.04. The maximum atomic E-state index is 10.3. The van der Waals surface area contributed by atoms with Crippen LogP contribution < -0.4 is 5.32 Å². The number of hydrogen-bond acceptors (Lipinski definition) is 2. The number of carboxylic acids is 1. The first kappa shape index (κ1) is 12.0. The summed E-state index contributed by atoms with van der Waals surface area (Å²) in [6.45, 7) is 0. The van der Waals surface area contributed by atoms with Crippen molar-refractivity contribution in [3.05, 3.63) is 29.8 Å². The van der Waals surface area contributed by atoms with Crippen molar-refractivity contribution in [2.24, 2.45) is 0 Å². The number of nitrogens with one attached hydrogen (secondary N) is 1. The van der Waals surface area contributed by atoms with Crippen LogP contribution in [0.2, 0.25) is 0 Å². The van der Waals surface area contributed by atoms with Crippen LogP contribution >= 0.6 is 0 Å². The maximum Gasteiger partial charge on any atom is 0.409 e. The van der Waals surface area contributed by atoms with Crippen LogP contribution in [-0.4, -0.2) is 22.3 Å². The summed E-state index contributed by atoms with van der Waals surface area (Å²) in [6, 6.07) is 6.88. The van der Waals surface area contributed by atoms with E-state index in [1.165, 1.54) is 0 Å². The van der Waals surface area contributed by atoms with E-state index in [4.69, 9.17) is 10.2 Å². The lowest BCUT2D eigenvalue weighted by Crippen LogP contribution is -2.06. The zero-order chi connectivity index (χ0) is 12.0. The highest BCUT2D eigenvalue weighted by atomic mass is 16.4. The zero-order valence-corrected chi connectivity index (χ0v) is 8.64. The fraction of sp³-hybridized carbons (Fsp3) is 0.273. The van der Waals surface area contributed by atoms with Crippen molar-refractivity contribution in [1.82, 2.24) is 0 Å². The summed E-state index contributed by atoms with van der Waals surface area (Å²) >= 11 is 0. The van der Waals surface area contributed by atoms with Crippen LogP contribution in [0.4, 0.5) is 10.5 Å². The first-order valence-corrected chi connectivity index (χ1v) is 4.88. The number of rotatable bonds is 5. The Morgan fingerprint density at radius 3 is 2.25 bits per heavy atom. The standard InChI is InChI=1S/C11H13NO4/c13-10(14)3-1-2-8-4-6-9(7-5-8)12-11(15)16/h4-7,12H,1-3H2,(H,13,14)(H,15,16). The number of benzene rings is 1. The summed E-state index contributed by atoms with van der Waals surface area (Å²) in [5.41, 5.74) is 1.51. The molecule has 0 aliphatic heterocycles. The summed E-state index contributed by atoms with van der Waals surface area (Å²) in [5.74, 6) is -0.802. The highest BCUT2D eigenvalue weighted by molar-refractivity contribution is 5.82. The summed E-state index contributed by atoms with van der Waals surface area (Å²) in [6.07, 6.45) is 0.314. The van der Waals surface area contributed by atoms with E-state index in [9.17, 15) is 9.59 Å². The van der Waals surface area contributed by atoms with Gasteiger partial charge in [0.05, 0.1) is 0 Å². The molecule has 0 aliphatic carbocycles. The quantitative estimate of drug-likeness (QED) is 0.714. The molecule has 0 aromatic heterocycles. The largest absolute Gasteiger partial charge is 0.481 e. The molecule has 1 rings (SSSR count). The molecule has 0 saturated heterocycles. The summed E-state index contributed by atoms with van der Waals surface area (Å²) in [7, 11) is 0. The summed E-state index contributed by atoms with van der Waals surface area (Å²) in [4.78, 5) is 20.6. The third kappa shape index (κ3) is 4.45. The van der Waals surface area contributed by atoms with Crippen molar-refractivity contribution < 1.29 is 19.8 Å². The van der Waals surface area contributed by atoms with Gasteiger partial charge in [-0.05, 0) is 30.5 Å². The van der Waals surface area contributed by atoms with Crippen molar-refractivity contribution >= 4 is 17.7 Å². The number of amides is 1. The average Bonchev–Trinajstić information content (AvgIpc) is 2.19. The van der Waals surface area contributed by atoms with Gasteiger partial charge in [0.1, 0.15) is 0 Å². The fourth-order valence-corrected chi connectivity index (χ4v) is 1.32. The van der Waals surface area contributed by atoms with Crippen molar-refractivity contribution in [2.75, 3.05) is 5.32 Å². The Morgan fingerprint density at radius 2 is 1.75 bits per heavy atom. The average molecular weight is 223 g/mol. The SMILES string of the molecule is O=C(O)CCCc1ccc(NC(=O)O)cc1. The lowest BCUT2D eigenvalue weighted by atomic mass is 10.1. The number of carbonyl (C=O) groups is 2. The highest BCUT2D eigenvalue weighted by Crippen LogP contribution is 2.11. The summed E-state index contributed by atoms with van der Waals surface area (Å²) < 4.78 is 0. The Kier molecular flexibility index (Phi) is 4.32. The van der Waals surface area contributed by atoms with Crippen molar-refractivity contribution in [3.8, 4) is 0 Å². The Labute approximate surface area is 92.7 Å². The normalized spacial score (nSPS) is 9.75.